The molecular formula is C24H21F3N2O4S. The summed E-state index contributed by atoms with van der Waals surface area (Å²) in [6.07, 6.45) is -3.17. The van der Waals surface area contributed by atoms with Crippen molar-refractivity contribution in [2.45, 2.75) is 39.0 Å². The van der Waals surface area contributed by atoms with Gasteiger partial charge in [0.25, 0.3) is 11.1 Å². The topological polar surface area (TPSA) is 75.7 Å². The van der Waals surface area contributed by atoms with Gasteiger partial charge in [-0.25, -0.2) is 0 Å². The van der Waals surface area contributed by atoms with Gasteiger partial charge in [0.1, 0.15) is 5.75 Å². The zero-order chi connectivity index (χ0) is 25.0. The normalized spacial score (nSPS) is 18.9. The van der Waals surface area contributed by atoms with E-state index in [1.807, 2.05) is 19.9 Å². The van der Waals surface area contributed by atoms with Crippen LogP contribution >= 0.6 is 11.8 Å². The third kappa shape index (κ3) is 4.54. The summed E-state index contributed by atoms with van der Waals surface area (Å²) in [5.41, 5.74) is 2.82. The minimum absolute atomic E-state index is 0.0912. The van der Waals surface area contributed by atoms with Gasteiger partial charge in [0, 0.05) is 30.1 Å². The molecule has 178 valence electrons. The van der Waals surface area contributed by atoms with E-state index >= 15 is 0 Å². The molecule has 1 N–H and O–H groups in total. The first-order chi connectivity index (χ1) is 15.7. The number of amides is 3. The van der Waals surface area contributed by atoms with Gasteiger partial charge in [-0.05, 0) is 65.2 Å². The number of nitrogens with zero attached hydrogens (tertiary/aromatic N) is 1. The lowest BCUT2D eigenvalue weighted by atomic mass is 9.76. The van der Waals surface area contributed by atoms with E-state index in [0.29, 0.717) is 40.6 Å². The second-order valence-electron chi connectivity index (χ2n) is 8.85. The van der Waals surface area contributed by atoms with Gasteiger partial charge in [-0.1, -0.05) is 26.0 Å². The van der Waals surface area contributed by atoms with Gasteiger partial charge in [-0.2, -0.15) is 0 Å². The molecular weight excluding hydrogens is 469 g/mol. The summed E-state index contributed by atoms with van der Waals surface area (Å²) in [7, 11) is 1.64. The fourth-order valence-electron chi connectivity index (χ4n) is 4.17. The Labute approximate surface area is 198 Å². The third-order valence-corrected chi connectivity index (χ3v) is 6.67. The maximum Gasteiger partial charge on any atom is 0.573 e. The monoisotopic (exact) mass is 490 g/mol. The number of hydrogen-bond acceptors (Lipinski definition) is 5. The lowest BCUT2D eigenvalue weighted by Gasteiger charge is -2.37. The number of aryl methyl sites for hydroxylation is 1. The van der Waals surface area contributed by atoms with Crippen molar-refractivity contribution in [3.63, 3.8) is 0 Å². The Hall–Kier alpha value is -3.27. The van der Waals surface area contributed by atoms with Crippen molar-refractivity contribution < 1.29 is 32.3 Å². The fourth-order valence-corrected chi connectivity index (χ4v) is 4.85. The second-order valence-corrected chi connectivity index (χ2v) is 9.87. The summed E-state index contributed by atoms with van der Waals surface area (Å²) in [6, 6.07) is 7.59. The molecule has 10 heteroatoms. The standard InChI is InChI=1S/C24H21F3N2O4S/c1-12-7-16-17(29(4)20(30)11-23(16,2)3)10-14(12)15-8-13(5-6-18(15)33-24(25,26)27)9-19-21(31)28-22(32)34-19/h5-10H,11H2,1-4H3,(H,28,31,32)/b19-9+. The van der Waals surface area contributed by atoms with Gasteiger partial charge in [0.2, 0.25) is 5.91 Å². The highest BCUT2D eigenvalue weighted by atomic mass is 32.2. The number of rotatable bonds is 3. The largest absolute Gasteiger partial charge is 0.573 e. The number of imide groups is 1. The first kappa shape index (κ1) is 23.9. The van der Waals surface area contributed by atoms with Gasteiger partial charge in [-0.15, -0.1) is 13.2 Å². The van der Waals surface area contributed by atoms with E-state index in [4.69, 9.17) is 0 Å². The van der Waals surface area contributed by atoms with E-state index in [2.05, 4.69) is 10.1 Å². The summed E-state index contributed by atoms with van der Waals surface area (Å²) in [6.45, 7) is 5.68. The van der Waals surface area contributed by atoms with Crippen molar-refractivity contribution >= 4 is 40.6 Å². The smallest absolute Gasteiger partial charge is 0.405 e. The highest BCUT2D eigenvalue weighted by molar-refractivity contribution is 8.18. The lowest BCUT2D eigenvalue weighted by molar-refractivity contribution is -0.274. The van der Waals surface area contributed by atoms with Crippen LogP contribution in [0.1, 0.15) is 37.0 Å². The van der Waals surface area contributed by atoms with Crippen LogP contribution in [0.2, 0.25) is 0 Å². The van der Waals surface area contributed by atoms with Crippen molar-refractivity contribution in [1.82, 2.24) is 5.32 Å². The van der Waals surface area contributed by atoms with Gasteiger partial charge in [0.05, 0.1) is 4.91 Å². The number of halogens is 3. The maximum atomic E-state index is 13.2. The molecule has 0 radical (unpaired) electrons. The van der Waals surface area contributed by atoms with E-state index in [-0.39, 0.29) is 16.4 Å². The molecule has 1 saturated heterocycles. The zero-order valence-electron chi connectivity index (χ0n) is 18.8. The van der Waals surface area contributed by atoms with Crippen LogP contribution in [0.25, 0.3) is 17.2 Å². The molecule has 1 fully saturated rings. The van der Waals surface area contributed by atoms with Crippen molar-refractivity contribution in [2.24, 2.45) is 0 Å². The van der Waals surface area contributed by atoms with Crippen molar-refractivity contribution in [3.8, 4) is 16.9 Å². The maximum absolute atomic E-state index is 13.2. The Morgan fingerprint density at radius 2 is 1.82 bits per heavy atom. The van der Waals surface area contributed by atoms with Crippen LogP contribution in [0.15, 0.2) is 35.2 Å². The number of carbonyl (C=O) groups excluding carboxylic acids is 3. The second kappa shape index (κ2) is 8.19. The third-order valence-electron chi connectivity index (χ3n) is 5.86. The predicted octanol–water partition coefficient (Wildman–Crippen LogP) is 5.53. The molecule has 0 saturated carbocycles. The molecule has 2 heterocycles. The van der Waals surface area contributed by atoms with Crippen LogP contribution in [-0.2, 0) is 15.0 Å². The molecule has 0 bridgehead atoms. The Balaban J connectivity index is 1.90. The number of carbonyl (C=O) groups is 3. The Bertz CT molecular complexity index is 1270. The van der Waals surface area contributed by atoms with Crippen LogP contribution in [0.4, 0.5) is 23.7 Å². The highest BCUT2D eigenvalue weighted by Gasteiger charge is 2.37. The van der Waals surface area contributed by atoms with Crippen molar-refractivity contribution in [1.29, 1.82) is 0 Å². The Kier molecular flexibility index (Phi) is 5.75. The SMILES string of the molecule is Cc1cc2c(cc1-c1cc(/C=C3/SC(=O)NC3=O)ccc1OC(F)(F)F)N(C)C(=O)CC2(C)C. The predicted molar refractivity (Wildman–Crippen MR) is 123 cm³/mol. The number of hydrogen-bond donors (Lipinski definition) is 1. The van der Waals surface area contributed by atoms with Crippen LogP contribution in [0.3, 0.4) is 0 Å². The zero-order valence-corrected chi connectivity index (χ0v) is 19.6. The molecule has 34 heavy (non-hydrogen) atoms. The minimum Gasteiger partial charge on any atom is -0.405 e. The molecule has 0 aromatic heterocycles. The highest BCUT2D eigenvalue weighted by Crippen LogP contribution is 2.45. The average Bonchev–Trinajstić information content (AvgIpc) is 3.03. The van der Waals surface area contributed by atoms with Crippen LogP contribution < -0.4 is 15.0 Å². The molecule has 2 aromatic rings. The minimum atomic E-state index is -4.92. The van der Waals surface area contributed by atoms with Crippen LogP contribution in [0.5, 0.6) is 5.75 Å². The molecule has 0 spiro atoms. The summed E-state index contributed by atoms with van der Waals surface area (Å²) < 4.78 is 43.8. The molecule has 0 atom stereocenters. The number of fused-ring (bicyclic) bond motifs is 1. The van der Waals surface area contributed by atoms with Crippen molar-refractivity contribution in [3.05, 3.63) is 51.9 Å². The van der Waals surface area contributed by atoms with Gasteiger partial charge in [-0.3, -0.25) is 19.7 Å². The first-order valence-corrected chi connectivity index (χ1v) is 11.1. The number of anilines is 1. The summed E-state index contributed by atoms with van der Waals surface area (Å²) in [5.74, 6) is -1.08. The first-order valence-electron chi connectivity index (χ1n) is 10.3. The van der Waals surface area contributed by atoms with Gasteiger partial charge in [0.15, 0.2) is 0 Å². The number of ether oxygens (including phenoxy) is 1. The van der Waals surface area contributed by atoms with Gasteiger partial charge < -0.3 is 9.64 Å². The summed E-state index contributed by atoms with van der Waals surface area (Å²) in [4.78, 5) is 37.5. The number of thioether (sulfide) groups is 1. The van der Waals surface area contributed by atoms with Gasteiger partial charge >= 0.3 is 6.36 Å². The van der Waals surface area contributed by atoms with E-state index in [0.717, 1.165) is 5.56 Å². The van der Waals surface area contributed by atoms with Crippen LogP contribution in [-0.4, -0.2) is 30.5 Å². The number of benzene rings is 2. The molecule has 0 unspecified atom stereocenters. The molecule has 2 aromatic carbocycles. The lowest BCUT2D eigenvalue weighted by Crippen LogP contribution is -2.39. The molecule has 6 nitrogen and oxygen atoms in total. The molecule has 2 aliphatic rings. The molecule has 0 aliphatic carbocycles. The summed E-state index contributed by atoms with van der Waals surface area (Å²) in [5, 5.41) is 1.62. The van der Waals surface area contributed by atoms with E-state index < -0.39 is 28.7 Å². The molecule has 4 rings (SSSR count). The van der Waals surface area contributed by atoms with Crippen molar-refractivity contribution in [2.75, 3.05) is 11.9 Å². The van der Waals surface area contributed by atoms with E-state index in [9.17, 15) is 27.6 Å². The van der Waals surface area contributed by atoms with E-state index in [1.54, 1.807) is 20.0 Å². The quantitative estimate of drug-likeness (QED) is 0.573. The summed E-state index contributed by atoms with van der Waals surface area (Å²) >= 11 is 0.713. The van der Waals surface area contributed by atoms with Crippen LogP contribution in [0, 0.1) is 6.92 Å². The Morgan fingerprint density at radius 3 is 2.44 bits per heavy atom. The average molecular weight is 491 g/mol. The fraction of sp³-hybridized carbons (Fsp3) is 0.292. The number of nitrogens with one attached hydrogen (secondary N) is 1. The van der Waals surface area contributed by atoms with E-state index in [1.165, 1.54) is 29.2 Å². The Morgan fingerprint density at radius 1 is 1.12 bits per heavy atom. The molecule has 2 aliphatic heterocycles. The molecule has 3 amide bonds. The number of alkyl halides is 3.